The number of rotatable bonds is 5. The summed E-state index contributed by atoms with van der Waals surface area (Å²) in [5.74, 6) is 0.524. The summed E-state index contributed by atoms with van der Waals surface area (Å²) in [7, 11) is 2.07. The monoisotopic (exact) mass is 534 g/mol. The fourth-order valence-corrected chi connectivity index (χ4v) is 6.06. The van der Waals surface area contributed by atoms with Crippen molar-refractivity contribution in [2.45, 2.75) is 19.3 Å². The number of likely N-dealkylation sites (tertiary alicyclic amines) is 1. The predicted octanol–water partition coefficient (Wildman–Crippen LogP) is 3.39. The smallest absolute Gasteiger partial charge is 0.281 e. The van der Waals surface area contributed by atoms with Crippen LogP contribution in [0.15, 0.2) is 36.8 Å². The molecule has 1 aliphatic carbocycles. The molecule has 2 aliphatic heterocycles. The van der Waals surface area contributed by atoms with Crippen LogP contribution in [0, 0.1) is 11.3 Å². The summed E-state index contributed by atoms with van der Waals surface area (Å²) in [4.78, 5) is 30.5. The van der Waals surface area contributed by atoms with E-state index in [0.717, 1.165) is 44.7 Å². The third kappa shape index (κ3) is 4.27. The molecule has 1 spiro atoms. The summed E-state index contributed by atoms with van der Waals surface area (Å²) in [5.41, 5.74) is 1.79. The van der Waals surface area contributed by atoms with E-state index in [-0.39, 0.29) is 28.3 Å². The number of nitrogens with zero attached hydrogens (tertiary/aromatic N) is 7. The van der Waals surface area contributed by atoms with Crippen molar-refractivity contribution >= 4 is 33.8 Å². The van der Waals surface area contributed by atoms with Crippen LogP contribution in [0.1, 0.15) is 25.0 Å². The molecule has 4 aromatic rings. The lowest BCUT2D eigenvalue weighted by molar-refractivity contribution is -0.118. The summed E-state index contributed by atoms with van der Waals surface area (Å²) >= 11 is 0. The molecule has 2 saturated heterocycles. The van der Waals surface area contributed by atoms with E-state index in [1.165, 1.54) is 12.4 Å². The molecular formula is C27H28F2N8O2. The molecule has 12 heteroatoms. The van der Waals surface area contributed by atoms with Gasteiger partial charge in [0.1, 0.15) is 11.5 Å². The zero-order valence-corrected chi connectivity index (χ0v) is 21.5. The number of alkyl halides is 2. The van der Waals surface area contributed by atoms with Gasteiger partial charge >= 0.3 is 0 Å². The molecule has 0 unspecified atom stereocenters. The summed E-state index contributed by atoms with van der Waals surface area (Å²) in [6.07, 6.45) is 3.71. The van der Waals surface area contributed by atoms with Gasteiger partial charge in [-0.2, -0.15) is 0 Å². The normalized spacial score (nSPS) is 23.4. The summed E-state index contributed by atoms with van der Waals surface area (Å²) in [6.45, 7) is 4.82. The number of morpholine rings is 1. The Labute approximate surface area is 223 Å². The van der Waals surface area contributed by atoms with Crippen molar-refractivity contribution < 1.29 is 18.3 Å². The average molecular weight is 535 g/mol. The number of hydrogen-bond donors (Lipinski definition) is 1. The number of hydrogen-bond acceptors (Lipinski definition) is 8. The minimum absolute atomic E-state index is 0.0497. The highest BCUT2D eigenvalue weighted by molar-refractivity contribution is 6.00. The number of anilines is 2. The minimum Gasteiger partial charge on any atom is -0.378 e. The van der Waals surface area contributed by atoms with Gasteiger partial charge in [-0.05, 0) is 50.0 Å². The average Bonchev–Trinajstić information content (AvgIpc) is 3.27. The van der Waals surface area contributed by atoms with Crippen LogP contribution in [0.4, 0.5) is 20.3 Å². The molecular weight excluding hydrogens is 506 g/mol. The first-order valence-corrected chi connectivity index (χ1v) is 13.2. The molecule has 39 heavy (non-hydrogen) atoms. The SMILES string of the molecule is CN1CC[C@@]2(C[C@H]2C(=O)Nc2cc3c(-c4nc5ccc(N6CCOCC6)cn5n4)cnc(C(F)F)c3cn2)C1. The number of aromatic nitrogens is 5. The second-order valence-electron chi connectivity index (χ2n) is 10.8. The first-order valence-electron chi connectivity index (χ1n) is 13.2. The highest BCUT2D eigenvalue weighted by Gasteiger charge is 2.60. The Morgan fingerprint density at radius 1 is 1.15 bits per heavy atom. The summed E-state index contributed by atoms with van der Waals surface area (Å²) in [6, 6.07) is 5.49. The van der Waals surface area contributed by atoms with E-state index in [0.29, 0.717) is 41.5 Å². The van der Waals surface area contributed by atoms with Gasteiger partial charge in [-0.25, -0.2) is 23.3 Å². The first-order chi connectivity index (χ1) is 18.9. The second-order valence-corrected chi connectivity index (χ2v) is 10.8. The number of nitrogens with one attached hydrogen (secondary N) is 1. The van der Waals surface area contributed by atoms with Crippen LogP contribution in [0.3, 0.4) is 0 Å². The van der Waals surface area contributed by atoms with Crippen LogP contribution in [-0.2, 0) is 9.53 Å². The lowest BCUT2D eigenvalue weighted by Gasteiger charge is -2.28. The van der Waals surface area contributed by atoms with Gasteiger partial charge in [0.15, 0.2) is 11.5 Å². The molecule has 10 nitrogen and oxygen atoms in total. The third-order valence-electron chi connectivity index (χ3n) is 8.28. The largest absolute Gasteiger partial charge is 0.378 e. The number of ether oxygens (including phenoxy) is 1. The number of pyridine rings is 3. The fraction of sp³-hybridized carbons (Fsp3) is 0.444. The maximum absolute atomic E-state index is 13.8. The maximum Gasteiger partial charge on any atom is 0.281 e. The topological polar surface area (TPSA) is 101 Å². The quantitative estimate of drug-likeness (QED) is 0.416. The number of amides is 1. The van der Waals surface area contributed by atoms with Crippen LogP contribution in [-0.4, -0.2) is 81.8 Å². The molecule has 1 amide bonds. The van der Waals surface area contributed by atoms with E-state index in [4.69, 9.17) is 4.74 Å². The van der Waals surface area contributed by atoms with Gasteiger partial charge in [-0.1, -0.05) is 0 Å². The van der Waals surface area contributed by atoms with E-state index in [1.54, 1.807) is 10.6 Å². The first kappa shape index (κ1) is 24.3. The number of carbonyl (C=O) groups is 1. The number of carbonyl (C=O) groups excluding carboxylic acids is 1. The Morgan fingerprint density at radius 3 is 2.77 bits per heavy atom. The molecule has 0 radical (unpaired) electrons. The Hall–Kier alpha value is -3.77. The van der Waals surface area contributed by atoms with Gasteiger partial charge in [-0.15, -0.1) is 5.10 Å². The molecule has 3 aliphatic rings. The van der Waals surface area contributed by atoms with Crippen LogP contribution in [0.25, 0.3) is 27.8 Å². The van der Waals surface area contributed by atoms with E-state index in [2.05, 4.69) is 42.2 Å². The molecule has 2 atom stereocenters. The van der Waals surface area contributed by atoms with Crippen LogP contribution in [0.5, 0.6) is 0 Å². The van der Waals surface area contributed by atoms with Crippen molar-refractivity contribution in [1.29, 1.82) is 0 Å². The molecule has 202 valence electrons. The van der Waals surface area contributed by atoms with Gasteiger partial charge in [0, 0.05) is 54.3 Å². The van der Waals surface area contributed by atoms with Crippen LogP contribution < -0.4 is 10.2 Å². The number of halogens is 2. The molecule has 1 saturated carbocycles. The Balaban J connectivity index is 1.23. The molecule has 0 aromatic carbocycles. The van der Waals surface area contributed by atoms with Crippen molar-refractivity contribution in [2.24, 2.45) is 11.3 Å². The van der Waals surface area contributed by atoms with Gasteiger partial charge in [-0.3, -0.25) is 9.78 Å². The highest BCUT2D eigenvalue weighted by atomic mass is 19.3. The Morgan fingerprint density at radius 2 is 2.00 bits per heavy atom. The zero-order chi connectivity index (χ0) is 26.7. The van der Waals surface area contributed by atoms with Gasteiger partial charge in [0.2, 0.25) is 5.91 Å². The molecule has 7 rings (SSSR count). The lowest BCUT2D eigenvalue weighted by Crippen LogP contribution is -2.36. The highest BCUT2D eigenvalue weighted by Crippen LogP contribution is 2.58. The molecule has 4 aromatic heterocycles. The van der Waals surface area contributed by atoms with Gasteiger partial charge < -0.3 is 19.9 Å². The van der Waals surface area contributed by atoms with Crippen LogP contribution >= 0.6 is 0 Å². The van der Waals surface area contributed by atoms with Crippen molar-refractivity contribution in [2.75, 3.05) is 56.7 Å². The second kappa shape index (κ2) is 9.16. The van der Waals surface area contributed by atoms with Gasteiger partial charge in [0.05, 0.1) is 25.1 Å². The van der Waals surface area contributed by atoms with E-state index in [9.17, 15) is 13.6 Å². The van der Waals surface area contributed by atoms with Crippen LogP contribution in [0.2, 0.25) is 0 Å². The molecule has 3 fully saturated rings. The zero-order valence-electron chi connectivity index (χ0n) is 21.5. The summed E-state index contributed by atoms with van der Waals surface area (Å²) < 4.78 is 34.8. The van der Waals surface area contributed by atoms with Crippen molar-refractivity contribution in [3.05, 3.63) is 42.5 Å². The lowest BCUT2D eigenvalue weighted by atomic mass is 10.0. The predicted molar refractivity (Wildman–Crippen MR) is 141 cm³/mol. The number of fused-ring (bicyclic) bond motifs is 2. The standard InChI is InChI=1S/C27H28F2N8O2/c1-35-5-4-27(15-35)11-20(27)26(38)32-21-10-17-18(12-30-21)23(24(28)29)31-13-19(17)25-33-22-3-2-16(14-37(22)34-25)36-6-8-39-9-7-36/h2-3,10,12-14,20,24H,4-9,11,15H2,1H3,(H,30,32,38)/t20-,27+/m0/s1. The fourth-order valence-electron chi connectivity index (χ4n) is 6.06. The Bertz CT molecular complexity index is 1590. The Kier molecular flexibility index (Phi) is 5.70. The summed E-state index contributed by atoms with van der Waals surface area (Å²) in [5, 5.41) is 8.24. The van der Waals surface area contributed by atoms with E-state index in [1.807, 2.05) is 18.3 Å². The minimum atomic E-state index is -2.78. The van der Waals surface area contributed by atoms with Gasteiger partial charge in [0.25, 0.3) is 6.43 Å². The maximum atomic E-state index is 13.8. The van der Waals surface area contributed by atoms with Crippen molar-refractivity contribution in [3.63, 3.8) is 0 Å². The third-order valence-corrected chi connectivity index (χ3v) is 8.28. The molecule has 0 bridgehead atoms. The molecule has 1 N–H and O–H groups in total. The van der Waals surface area contributed by atoms with E-state index >= 15 is 0 Å². The van der Waals surface area contributed by atoms with Crippen molar-refractivity contribution in [1.82, 2.24) is 29.5 Å². The molecule has 6 heterocycles. The van der Waals surface area contributed by atoms with Crippen molar-refractivity contribution in [3.8, 4) is 11.4 Å². The van der Waals surface area contributed by atoms with E-state index < -0.39 is 6.43 Å².